The minimum atomic E-state index is -1.30. The average molecular weight is 632 g/mol. The zero-order chi connectivity index (χ0) is 33.4. The summed E-state index contributed by atoms with van der Waals surface area (Å²) in [4.78, 5) is 77.2. The van der Waals surface area contributed by atoms with E-state index in [1.807, 2.05) is 6.07 Å². The minimum absolute atomic E-state index is 0.00237. The van der Waals surface area contributed by atoms with Gasteiger partial charge in [-0.2, -0.15) is 0 Å². The number of hydrogen-bond acceptors (Lipinski definition) is 7. The van der Waals surface area contributed by atoms with E-state index in [1.165, 1.54) is 29.9 Å². The molecule has 5 rings (SSSR count). The van der Waals surface area contributed by atoms with Crippen LogP contribution in [0.5, 0.6) is 0 Å². The lowest BCUT2D eigenvalue weighted by atomic mass is 9.69. The summed E-state index contributed by atoms with van der Waals surface area (Å²) in [6.07, 6.45) is 4.01. The lowest BCUT2D eigenvalue weighted by Crippen LogP contribution is -2.48. The largest absolute Gasteiger partial charge is 0.451 e. The molecule has 0 radical (unpaired) electrons. The summed E-state index contributed by atoms with van der Waals surface area (Å²) >= 11 is 0. The number of carbonyl (C=O) groups excluding carboxylic acids is 5. The predicted octanol–water partition coefficient (Wildman–Crippen LogP) is 3.07. The number of benzene rings is 1. The number of nitrogens with one attached hydrogen (secondary N) is 4. The van der Waals surface area contributed by atoms with Gasteiger partial charge in [0.15, 0.2) is 5.76 Å². The first-order chi connectivity index (χ1) is 21.8. The Morgan fingerprint density at radius 1 is 1.07 bits per heavy atom. The third-order valence-corrected chi connectivity index (χ3v) is 10.5. The van der Waals surface area contributed by atoms with Crippen molar-refractivity contribution in [1.82, 2.24) is 20.5 Å². The molecule has 2 heterocycles. The predicted molar refractivity (Wildman–Crippen MR) is 171 cm³/mol. The molecule has 0 saturated heterocycles. The van der Waals surface area contributed by atoms with Crippen LogP contribution in [0.1, 0.15) is 69.0 Å². The number of ketones is 1. The van der Waals surface area contributed by atoms with Crippen LogP contribution in [0.3, 0.4) is 0 Å². The lowest BCUT2D eigenvalue weighted by molar-refractivity contribution is -0.137. The topological polar surface area (TPSA) is 169 Å². The Bertz CT molecular complexity index is 1770. The Morgan fingerprint density at radius 2 is 1.80 bits per heavy atom. The van der Waals surface area contributed by atoms with Crippen LogP contribution in [0.2, 0.25) is 0 Å². The van der Waals surface area contributed by atoms with Crippen molar-refractivity contribution in [2.75, 3.05) is 12.4 Å². The van der Waals surface area contributed by atoms with E-state index in [4.69, 9.17) is 4.42 Å². The molecule has 0 aliphatic heterocycles. The molecule has 244 valence electrons. The molecular weight excluding hydrogens is 590 g/mol. The first-order valence-electron chi connectivity index (χ1n) is 15.6. The van der Waals surface area contributed by atoms with Gasteiger partial charge in [0.25, 0.3) is 17.4 Å². The van der Waals surface area contributed by atoms with Gasteiger partial charge in [-0.15, -0.1) is 0 Å². The van der Waals surface area contributed by atoms with Crippen LogP contribution in [0.4, 0.5) is 5.69 Å². The first kappa shape index (κ1) is 32.6. The standard InChI is InChI=1S/C34H41N5O7/c1-19-21-9-6-7-11-25(21)46-28(19)31(44)36-22(12-13-24(40)30(43)35-5)29(42)37-23-10-8-16-39(32(23)45)18-27(41)38-26-17-20-14-15-34(26,4)33(20,2)3/h6-11,16,20,22,26H,12-15,17-18H2,1-5H3,(H,35,43)(H,36,44)(H,37,42)(H,38,41)/t20?,22-,26?,34-/m0/s1. The monoisotopic (exact) mass is 631 g/mol. The third kappa shape index (κ3) is 5.95. The smallest absolute Gasteiger partial charge is 0.287 e. The highest BCUT2D eigenvalue weighted by Gasteiger charge is 2.61. The highest BCUT2D eigenvalue weighted by Crippen LogP contribution is 2.65. The zero-order valence-electron chi connectivity index (χ0n) is 26.8. The normalized spacial score (nSPS) is 21.8. The van der Waals surface area contributed by atoms with Gasteiger partial charge < -0.3 is 30.3 Å². The van der Waals surface area contributed by atoms with Crippen LogP contribution in [-0.4, -0.2) is 53.1 Å². The molecule has 12 heteroatoms. The van der Waals surface area contributed by atoms with Gasteiger partial charge in [0.1, 0.15) is 23.9 Å². The van der Waals surface area contributed by atoms with Gasteiger partial charge in [0.05, 0.1) is 0 Å². The number of carbonyl (C=O) groups is 5. The Kier molecular flexibility index (Phi) is 8.92. The summed E-state index contributed by atoms with van der Waals surface area (Å²) < 4.78 is 6.94. The second-order valence-corrected chi connectivity index (χ2v) is 13.2. The van der Waals surface area contributed by atoms with E-state index in [0.717, 1.165) is 24.6 Å². The second kappa shape index (κ2) is 12.6. The molecule has 12 nitrogen and oxygen atoms in total. The molecule has 1 aromatic carbocycles. The SMILES string of the molecule is CNC(=O)C(=O)CC[C@H](NC(=O)c1oc2ccccc2c1C)C(=O)Nc1cccn(CC(=O)NC2CC3CC[C@]2(C)C3(C)C)c1=O. The second-order valence-electron chi connectivity index (χ2n) is 13.2. The van der Waals surface area contributed by atoms with Crippen molar-refractivity contribution in [3.05, 3.63) is 64.3 Å². The molecule has 2 unspecified atom stereocenters. The lowest BCUT2D eigenvalue weighted by Gasteiger charge is -2.39. The maximum absolute atomic E-state index is 13.5. The fraction of sp³-hybridized carbons (Fsp3) is 0.471. The molecule has 2 saturated carbocycles. The van der Waals surface area contributed by atoms with E-state index >= 15 is 0 Å². The van der Waals surface area contributed by atoms with Gasteiger partial charge in [0.2, 0.25) is 17.6 Å². The van der Waals surface area contributed by atoms with Gasteiger partial charge in [-0.05, 0) is 67.6 Å². The fourth-order valence-electron chi connectivity index (χ4n) is 7.20. The molecule has 2 aliphatic carbocycles. The van der Waals surface area contributed by atoms with Crippen molar-refractivity contribution in [2.45, 2.75) is 78.4 Å². The van der Waals surface area contributed by atoms with Crippen LogP contribution in [0.15, 0.2) is 51.8 Å². The Hall–Kier alpha value is -4.74. The number of aryl methyl sites for hydroxylation is 1. The molecule has 2 aliphatic rings. The summed E-state index contributed by atoms with van der Waals surface area (Å²) in [6, 6.07) is 8.74. The quantitative estimate of drug-likeness (QED) is 0.236. The molecule has 4 amide bonds. The van der Waals surface area contributed by atoms with Gasteiger partial charge in [-0.25, -0.2) is 0 Å². The number of fused-ring (bicyclic) bond motifs is 3. The number of likely N-dealkylation sites (N-methyl/N-ethyl adjacent to an activating group) is 1. The summed E-state index contributed by atoms with van der Waals surface area (Å²) in [7, 11) is 1.32. The maximum Gasteiger partial charge on any atom is 0.287 e. The number of pyridine rings is 1. The number of amides is 4. The highest BCUT2D eigenvalue weighted by molar-refractivity contribution is 6.36. The number of furan rings is 1. The molecule has 46 heavy (non-hydrogen) atoms. The molecule has 0 spiro atoms. The molecule has 2 aromatic heterocycles. The van der Waals surface area contributed by atoms with Crippen molar-refractivity contribution in [3.63, 3.8) is 0 Å². The van der Waals surface area contributed by atoms with E-state index in [2.05, 4.69) is 42.0 Å². The first-order valence-corrected chi connectivity index (χ1v) is 15.6. The molecule has 2 fully saturated rings. The van der Waals surface area contributed by atoms with Crippen molar-refractivity contribution in [2.24, 2.45) is 16.7 Å². The van der Waals surface area contributed by atoms with E-state index in [9.17, 15) is 28.8 Å². The number of hydrogen-bond donors (Lipinski definition) is 4. The molecule has 2 bridgehead atoms. The molecular formula is C34H41N5O7. The fourth-order valence-corrected chi connectivity index (χ4v) is 7.20. The van der Waals surface area contributed by atoms with Crippen LogP contribution in [-0.2, 0) is 25.7 Å². The summed E-state index contributed by atoms with van der Waals surface area (Å²) in [5, 5.41) is 11.3. The molecule has 4 atom stereocenters. The molecule has 4 N–H and O–H groups in total. The van der Waals surface area contributed by atoms with Crippen molar-refractivity contribution >= 4 is 46.1 Å². The third-order valence-electron chi connectivity index (χ3n) is 10.5. The van der Waals surface area contributed by atoms with E-state index in [-0.39, 0.29) is 53.6 Å². The van der Waals surface area contributed by atoms with Gasteiger partial charge in [0, 0.05) is 36.7 Å². The van der Waals surface area contributed by atoms with E-state index < -0.39 is 35.1 Å². The van der Waals surface area contributed by atoms with Gasteiger partial charge >= 0.3 is 0 Å². The van der Waals surface area contributed by atoms with Crippen molar-refractivity contribution < 1.29 is 28.4 Å². The molecule has 3 aromatic rings. The van der Waals surface area contributed by atoms with E-state index in [1.54, 1.807) is 25.1 Å². The Morgan fingerprint density at radius 3 is 2.46 bits per heavy atom. The Balaban J connectivity index is 1.30. The van der Waals surface area contributed by atoms with Crippen LogP contribution in [0.25, 0.3) is 11.0 Å². The minimum Gasteiger partial charge on any atom is -0.451 e. The van der Waals surface area contributed by atoms with Gasteiger partial charge in [-0.1, -0.05) is 39.0 Å². The van der Waals surface area contributed by atoms with Gasteiger partial charge in [-0.3, -0.25) is 28.8 Å². The maximum atomic E-state index is 13.5. The summed E-state index contributed by atoms with van der Waals surface area (Å²) in [6.45, 7) is 8.23. The number of anilines is 1. The summed E-state index contributed by atoms with van der Waals surface area (Å²) in [5.74, 6) is -2.82. The van der Waals surface area contributed by atoms with Crippen LogP contribution >= 0.6 is 0 Å². The number of para-hydroxylation sites is 1. The number of rotatable bonds is 11. The average Bonchev–Trinajstić information content (AvgIpc) is 3.55. The van der Waals surface area contributed by atoms with Crippen molar-refractivity contribution in [3.8, 4) is 0 Å². The van der Waals surface area contributed by atoms with Crippen LogP contribution in [0, 0.1) is 23.7 Å². The van der Waals surface area contributed by atoms with E-state index in [0.29, 0.717) is 17.1 Å². The number of aromatic nitrogens is 1. The number of nitrogens with zero attached hydrogens (tertiary/aromatic N) is 1. The van der Waals surface area contributed by atoms with Crippen molar-refractivity contribution in [1.29, 1.82) is 0 Å². The Labute approximate surface area is 266 Å². The summed E-state index contributed by atoms with van der Waals surface area (Å²) in [5.41, 5.74) is 0.448. The highest BCUT2D eigenvalue weighted by atomic mass is 16.3. The number of Topliss-reactive ketones (excluding diaryl/α,β-unsaturated/α-hetero) is 1. The van der Waals surface area contributed by atoms with Crippen LogP contribution < -0.4 is 26.8 Å². The zero-order valence-corrected chi connectivity index (χ0v) is 26.8.